The number of benzene rings is 1. The number of anilines is 1. The van der Waals surface area contributed by atoms with E-state index in [9.17, 15) is 14.7 Å². The molecule has 0 spiro atoms. The number of nitrogens with zero attached hydrogens (tertiary/aromatic N) is 2. The van der Waals surface area contributed by atoms with Gasteiger partial charge in [-0.2, -0.15) is 0 Å². The number of carboxylic acid groups (broad SMARTS) is 1. The monoisotopic (exact) mass is 365 g/mol. The van der Waals surface area contributed by atoms with E-state index in [0.29, 0.717) is 25.2 Å². The first-order valence-corrected chi connectivity index (χ1v) is 9.21. The van der Waals surface area contributed by atoms with Crippen LogP contribution in [0.15, 0.2) is 30.3 Å². The number of aliphatic carboxylic acids is 1. The van der Waals surface area contributed by atoms with Crippen molar-refractivity contribution in [3.05, 3.63) is 52.8 Å². The Kier molecular flexibility index (Phi) is 4.36. The predicted molar refractivity (Wildman–Crippen MR) is 104 cm³/mol. The maximum absolute atomic E-state index is 13.2. The molecule has 1 aromatic heterocycles. The molecule has 0 bridgehead atoms. The van der Waals surface area contributed by atoms with Crippen LogP contribution in [0.4, 0.5) is 5.69 Å². The molecule has 4 rings (SSSR count). The molecular weight excluding hydrogens is 342 g/mol. The second kappa shape index (κ2) is 6.70. The quantitative estimate of drug-likeness (QED) is 0.817. The number of hydrogen-bond donors (Lipinski definition) is 2. The highest BCUT2D eigenvalue weighted by Gasteiger charge is 2.37. The molecule has 0 saturated carbocycles. The van der Waals surface area contributed by atoms with Gasteiger partial charge in [-0.25, -0.2) is 0 Å². The van der Waals surface area contributed by atoms with E-state index in [4.69, 9.17) is 0 Å². The van der Waals surface area contributed by atoms with Crippen molar-refractivity contribution in [3.63, 3.8) is 0 Å². The van der Waals surface area contributed by atoms with Crippen molar-refractivity contribution in [3.8, 4) is 0 Å². The first-order chi connectivity index (χ1) is 13.0. The lowest BCUT2D eigenvalue weighted by molar-refractivity contribution is -0.142. The normalized spacial score (nSPS) is 21.3. The summed E-state index contributed by atoms with van der Waals surface area (Å²) in [6.07, 6.45) is 3.37. The zero-order valence-electron chi connectivity index (χ0n) is 15.5. The van der Waals surface area contributed by atoms with Gasteiger partial charge in [-0.3, -0.25) is 19.4 Å². The summed E-state index contributed by atoms with van der Waals surface area (Å²) in [7, 11) is 0. The lowest BCUT2D eigenvalue weighted by atomic mass is 10.1. The lowest BCUT2D eigenvalue weighted by Gasteiger charge is -2.27. The second-order valence-corrected chi connectivity index (χ2v) is 7.31. The van der Waals surface area contributed by atoms with Crippen molar-refractivity contribution in [2.45, 2.75) is 32.7 Å². The molecule has 1 fully saturated rings. The summed E-state index contributed by atoms with van der Waals surface area (Å²) >= 11 is 0. The van der Waals surface area contributed by atoms with Gasteiger partial charge < -0.3 is 10.1 Å². The topological polar surface area (TPSA) is 76.6 Å². The van der Waals surface area contributed by atoms with Crippen LogP contribution in [0.3, 0.4) is 0 Å². The van der Waals surface area contributed by atoms with Gasteiger partial charge in [0.25, 0.3) is 5.91 Å². The molecule has 27 heavy (non-hydrogen) atoms. The van der Waals surface area contributed by atoms with Crippen LogP contribution in [0, 0.1) is 13.8 Å². The summed E-state index contributed by atoms with van der Waals surface area (Å²) in [6.45, 7) is 5.00. The van der Waals surface area contributed by atoms with Crippen molar-refractivity contribution in [2.24, 2.45) is 0 Å². The number of para-hydroxylation sites is 1. The third kappa shape index (κ3) is 3.06. The maximum atomic E-state index is 13.2. The second-order valence-electron chi connectivity index (χ2n) is 7.31. The molecule has 140 valence electrons. The highest BCUT2D eigenvalue weighted by atomic mass is 16.4. The average molecular weight is 365 g/mol. The molecule has 6 heteroatoms. The first-order valence-electron chi connectivity index (χ1n) is 9.21. The number of aryl methyl sites for hydroxylation is 2. The van der Waals surface area contributed by atoms with Gasteiger partial charge in [-0.15, -0.1) is 0 Å². The fourth-order valence-electron chi connectivity index (χ4n) is 4.09. The van der Waals surface area contributed by atoms with Gasteiger partial charge in [0, 0.05) is 23.5 Å². The van der Waals surface area contributed by atoms with Crippen LogP contribution < -0.4 is 4.90 Å². The zero-order valence-corrected chi connectivity index (χ0v) is 15.5. The molecule has 3 heterocycles. The largest absolute Gasteiger partial charge is 0.480 e. The van der Waals surface area contributed by atoms with Gasteiger partial charge in [-0.1, -0.05) is 18.2 Å². The Bertz CT molecular complexity index is 944. The number of H-pyrrole nitrogens is 1. The summed E-state index contributed by atoms with van der Waals surface area (Å²) < 4.78 is 0. The van der Waals surface area contributed by atoms with Gasteiger partial charge in [0.15, 0.2) is 0 Å². The number of amides is 1. The van der Waals surface area contributed by atoms with E-state index >= 15 is 0 Å². The number of hydrogen-bond acceptors (Lipinski definition) is 3. The highest BCUT2D eigenvalue weighted by Crippen LogP contribution is 2.38. The standard InChI is InChI=1S/C21H23N3O3/c1-13-10-14(2)22-17(13)11-16-15-6-3-4-7-18(15)24(20(16)25)12-23-9-5-8-19(23)21(26)27/h3-4,6-7,10-11,19,22H,5,8-9,12H2,1-2H3,(H,26,27)/b16-11-/t19-/m0/s1. The number of carbonyl (C=O) groups is 2. The molecule has 2 N–H and O–H groups in total. The fraction of sp³-hybridized carbons (Fsp3) is 0.333. The van der Waals surface area contributed by atoms with E-state index in [1.54, 1.807) is 4.90 Å². The number of rotatable bonds is 4. The molecular formula is C21H23N3O3. The number of carboxylic acids is 1. The Morgan fingerprint density at radius 2 is 2.11 bits per heavy atom. The van der Waals surface area contributed by atoms with Gasteiger partial charge in [0.05, 0.1) is 17.9 Å². The molecule has 1 aromatic carbocycles. The molecule has 1 atom stereocenters. The molecule has 0 unspecified atom stereocenters. The summed E-state index contributed by atoms with van der Waals surface area (Å²) in [4.78, 5) is 31.6. The lowest BCUT2D eigenvalue weighted by Crippen LogP contribution is -2.44. The summed E-state index contributed by atoms with van der Waals surface area (Å²) in [5, 5.41) is 9.44. The Morgan fingerprint density at radius 3 is 2.81 bits per heavy atom. The number of aromatic nitrogens is 1. The molecule has 2 aromatic rings. The number of nitrogens with one attached hydrogen (secondary N) is 1. The minimum atomic E-state index is -0.819. The molecule has 6 nitrogen and oxygen atoms in total. The van der Waals surface area contributed by atoms with Crippen LogP contribution in [0.5, 0.6) is 0 Å². The van der Waals surface area contributed by atoms with Gasteiger partial charge >= 0.3 is 5.97 Å². The van der Waals surface area contributed by atoms with E-state index in [0.717, 1.165) is 34.6 Å². The van der Waals surface area contributed by atoms with Gasteiger partial charge in [0.1, 0.15) is 6.04 Å². The van der Waals surface area contributed by atoms with E-state index in [1.165, 1.54) is 0 Å². The first kappa shape index (κ1) is 17.5. The van der Waals surface area contributed by atoms with E-state index in [-0.39, 0.29) is 5.91 Å². The number of fused-ring (bicyclic) bond motifs is 1. The third-order valence-electron chi connectivity index (χ3n) is 5.41. The zero-order chi connectivity index (χ0) is 19.1. The maximum Gasteiger partial charge on any atom is 0.320 e. The molecule has 2 aliphatic heterocycles. The van der Waals surface area contributed by atoms with E-state index < -0.39 is 12.0 Å². The Balaban J connectivity index is 1.70. The number of carbonyl (C=O) groups excluding carboxylic acids is 1. The van der Waals surface area contributed by atoms with Crippen LogP contribution in [-0.4, -0.2) is 46.1 Å². The highest BCUT2D eigenvalue weighted by molar-refractivity contribution is 6.35. The van der Waals surface area contributed by atoms with Crippen LogP contribution in [0.1, 0.15) is 35.4 Å². The van der Waals surface area contributed by atoms with Gasteiger partial charge in [0.2, 0.25) is 0 Å². The average Bonchev–Trinajstić information content (AvgIpc) is 3.29. The molecule has 2 aliphatic rings. The van der Waals surface area contributed by atoms with E-state index in [2.05, 4.69) is 11.1 Å². The SMILES string of the molecule is Cc1cc(C)c(/C=C2\C(=O)N(CN3CCC[C@H]3C(=O)O)c3ccccc32)[nH]1. The third-order valence-corrected chi connectivity index (χ3v) is 5.41. The molecule has 0 radical (unpaired) electrons. The smallest absolute Gasteiger partial charge is 0.320 e. The number of likely N-dealkylation sites (tertiary alicyclic amines) is 1. The van der Waals surface area contributed by atoms with Crippen molar-refractivity contribution in [1.29, 1.82) is 0 Å². The summed E-state index contributed by atoms with van der Waals surface area (Å²) in [6, 6.07) is 9.23. The van der Waals surface area contributed by atoms with Crippen LogP contribution in [0.25, 0.3) is 11.6 Å². The molecule has 0 aliphatic carbocycles. The number of aromatic amines is 1. The van der Waals surface area contributed by atoms with Gasteiger partial charge in [-0.05, 0) is 50.5 Å². The van der Waals surface area contributed by atoms with E-state index in [1.807, 2.05) is 49.1 Å². The Morgan fingerprint density at radius 1 is 1.33 bits per heavy atom. The molecule has 1 saturated heterocycles. The minimum Gasteiger partial charge on any atom is -0.480 e. The van der Waals surface area contributed by atoms with Crippen molar-refractivity contribution in [2.75, 3.05) is 18.1 Å². The predicted octanol–water partition coefficient (Wildman–Crippen LogP) is 3.03. The van der Waals surface area contributed by atoms with Crippen LogP contribution in [-0.2, 0) is 9.59 Å². The van der Waals surface area contributed by atoms with Crippen molar-refractivity contribution >= 4 is 29.2 Å². The summed E-state index contributed by atoms with van der Waals surface area (Å²) in [5.74, 6) is -0.903. The Hall–Kier alpha value is -2.86. The van der Waals surface area contributed by atoms with Crippen LogP contribution >= 0.6 is 0 Å². The van der Waals surface area contributed by atoms with Crippen molar-refractivity contribution in [1.82, 2.24) is 9.88 Å². The van der Waals surface area contributed by atoms with Crippen molar-refractivity contribution < 1.29 is 14.7 Å². The molecule has 1 amide bonds. The fourth-order valence-corrected chi connectivity index (χ4v) is 4.09. The summed E-state index contributed by atoms with van der Waals surface area (Å²) in [5.41, 5.74) is 5.44. The van der Waals surface area contributed by atoms with Crippen LogP contribution in [0.2, 0.25) is 0 Å². The Labute approximate surface area is 158 Å². The minimum absolute atomic E-state index is 0.0844.